The van der Waals surface area contributed by atoms with E-state index in [0.29, 0.717) is 6.54 Å². The van der Waals surface area contributed by atoms with Gasteiger partial charge in [0.05, 0.1) is 6.61 Å². The highest BCUT2D eigenvalue weighted by molar-refractivity contribution is 4.62. The Balaban J connectivity index is 2.89. The van der Waals surface area contributed by atoms with Gasteiger partial charge in [0, 0.05) is 25.7 Å². The fourth-order valence-electron chi connectivity index (χ4n) is 0.565. The van der Waals surface area contributed by atoms with Gasteiger partial charge < -0.3 is 21.5 Å². The van der Waals surface area contributed by atoms with Crippen LogP contribution in [0.2, 0.25) is 0 Å². The summed E-state index contributed by atoms with van der Waals surface area (Å²) in [6, 6.07) is -0.128. The predicted molar refractivity (Wildman–Crippen MR) is 41.9 cm³/mol. The highest BCUT2D eigenvalue weighted by Crippen LogP contribution is 1.69. The van der Waals surface area contributed by atoms with E-state index in [1.165, 1.54) is 0 Å². The van der Waals surface area contributed by atoms with Crippen LogP contribution in [0.1, 0.15) is 0 Å². The second-order valence-corrected chi connectivity index (χ2v) is 2.25. The molecule has 1 atom stereocenters. The second-order valence-electron chi connectivity index (χ2n) is 2.25. The molecule has 0 aliphatic rings. The SMILES string of the molecule is CNCCNCC(N)CO. The Hall–Kier alpha value is -0.160. The van der Waals surface area contributed by atoms with Crippen molar-refractivity contribution in [1.29, 1.82) is 0 Å². The van der Waals surface area contributed by atoms with Crippen LogP contribution in [0.4, 0.5) is 0 Å². The van der Waals surface area contributed by atoms with Gasteiger partial charge in [-0.3, -0.25) is 0 Å². The van der Waals surface area contributed by atoms with Gasteiger partial charge in [-0.1, -0.05) is 0 Å². The first-order valence-corrected chi connectivity index (χ1v) is 3.53. The van der Waals surface area contributed by atoms with Crippen molar-refractivity contribution in [3.63, 3.8) is 0 Å². The number of hydrogen-bond acceptors (Lipinski definition) is 4. The predicted octanol–water partition coefficient (Wildman–Crippen LogP) is -1.88. The van der Waals surface area contributed by atoms with Gasteiger partial charge in [0.1, 0.15) is 0 Å². The summed E-state index contributed by atoms with van der Waals surface area (Å²) >= 11 is 0. The molecule has 0 radical (unpaired) electrons. The number of aliphatic hydroxyl groups is 1. The molecule has 0 aliphatic heterocycles. The zero-order valence-corrected chi connectivity index (χ0v) is 6.43. The van der Waals surface area contributed by atoms with Crippen molar-refractivity contribution in [3.8, 4) is 0 Å². The van der Waals surface area contributed by atoms with Crippen molar-refractivity contribution in [2.75, 3.05) is 33.3 Å². The minimum Gasteiger partial charge on any atom is -0.395 e. The maximum Gasteiger partial charge on any atom is 0.0594 e. The zero-order chi connectivity index (χ0) is 7.82. The van der Waals surface area contributed by atoms with Gasteiger partial charge in [0.25, 0.3) is 0 Å². The van der Waals surface area contributed by atoms with Crippen LogP contribution in [0.5, 0.6) is 0 Å². The Morgan fingerprint density at radius 2 is 2.20 bits per heavy atom. The lowest BCUT2D eigenvalue weighted by molar-refractivity contribution is 0.262. The third kappa shape index (κ3) is 5.97. The molecule has 0 heterocycles. The van der Waals surface area contributed by atoms with E-state index in [1.807, 2.05) is 7.05 Å². The number of nitrogens with one attached hydrogen (secondary N) is 2. The minimum absolute atomic E-state index is 0.0482. The Morgan fingerprint density at radius 1 is 1.50 bits per heavy atom. The van der Waals surface area contributed by atoms with E-state index in [2.05, 4.69) is 10.6 Å². The van der Waals surface area contributed by atoms with Crippen LogP contribution in [0, 0.1) is 0 Å². The van der Waals surface area contributed by atoms with Gasteiger partial charge in [-0.2, -0.15) is 0 Å². The van der Waals surface area contributed by atoms with E-state index >= 15 is 0 Å². The fourth-order valence-corrected chi connectivity index (χ4v) is 0.565. The number of rotatable bonds is 6. The Labute approximate surface area is 61.8 Å². The molecule has 62 valence electrons. The summed E-state index contributed by atoms with van der Waals surface area (Å²) in [5, 5.41) is 14.6. The molecule has 0 aromatic carbocycles. The molecule has 5 N–H and O–H groups in total. The smallest absolute Gasteiger partial charge is 0.0594 e. The topological polar surface area (TPSA) is 70.3 Å². The van der Waals surface area contributed by atoms with Crippen LogP contribution >= 0.6 is 0 Å². The molecule has 0 spiro atoms. The third-order valence-electron chi connectivity index (χ3n) is 1.19. The molecule has 0 rings (SSSR count). The van der Waals surface area contributed by atoms with Crippen molar-refractivity contribution < 1.29 is 5.11 Å². The Kier molecular flexibility index (Phi) is 6.84. The Morgan fingerprint density at radius 3 is 2.70 bits per heavy atom. The monoisotopic (exact) mass is 147 g/mol. The molecule has 0 aromatic heterocycles. The number of likely N-dealkylation sites (N-methyl/N-ethyl adjacent to an activating group) is 1. The molecule has 0 saturated carbocycles. The lowest BCUT2D eigenvalue weighted by Crippen LogP contribution is -2.38. The van der Waals surface area contributed by atoms with Crippen molar-refractivity contribution in [1.82, 2.24) is 10.6 Å². The summed E-state index contributed by atoms with van der Waals surface area (Å²) in [6.45, 7) is 2.55. The largest absolute Gasteiger partial charge is 0.395 e. The third-order valence-corrected chi connectivity index (χ3v) is 1.19. The first-order chi connectivity index (χ1) is 4.81. The molecule has 1 unspecified atom stereocenters. The highest BCUT2D eigenvalue weighted by Gasteiger charge is 1.96. The van der Waals surface area contributed by atoms with E-state index in [9.17, 15) is 0 Å². The molecule has 4 nitrogen and oxygen atoms in total. The first-order valence-electron chi connectivity index (χ1n) is 3.53. The van der Waals surface area contributed by atoms with E-state index in [-0.39, 0.29) is 12.6 Å². The maximum absolute atomic E-state index is 8.51. The van der Waals surface area contributed by atoms with Crippen LogP contribution in [0.25, 0.3) is 0 Å². The van der Waals surface area contributed by atoms with Crippen LogP contribution in [-0.4, -0.2) is 44.4 Å². The summed E-state index contributed by atoms with van der Waals surface area (Å²) < 4.78 is 0. The summed E-state index contributed by atoms with van der Waals surface area (Å²) in [7, 11) is 1.90. The first kappa shape index (κ1) is 9.84. The maximum atomic E-state index is 8.51. The van der Waals surface area contributed by atoms with Crippen molar-refractivity contribution in [2.45, 2.75) is 6.04 Å². The van der Waals surface area contributed by atoms with Crippen LogP contribution in [0.15, 0.2) is 0 Å². The van der Waals surface area contributed by atoms with Gasteiger partial charge in [0.15, 0.2) is 0 Å². The highest BCUT2D eigenvalue weighted by atomic mass is 16.3. The molecular weight excluding hydrogens is 130 g/mol. The summed E-state index contributed by atoms with van der Waals surface area (Å²) in [6.07, 6.45) is 0. The van der Waals surface area contributed by atoms with Gasteiger partial charge in [-0.25, -0.2) is 0 Å². The lowest BCUT2D eigenvalue weighted by Gasteiger charge is -2.08. The average Bonchev–Trinajstić information content (AvgIpc) is 1.98. The minimum atomic E-state index is -0.128. The lowest BCUT2D eigenvalue weighted by atomic mass is 10.3. The molecule has 0 amide bonds. The van der Waals surface area contributed by atoms with E-state index in [4.69, 9.17) is 10.8 Å². The van der Waals surface area contributed by atoms with Gasteiger partial charge in [0.2, 0.25) is 0 Å². The Bertz CT molecular complexity index is 70.0. The second kappa shape index (κ2) is 6.95. The number of nitrogens with two attached hydrogens (primary N) is 1. The van der Waals surface area contributed by atoms with Crippen molar-refractivity contribution in [2.24, 2.45) is 5.73 Å². The number of aliphatic hydroxyl groups excluding tert-OH is 1. The van der Waals surface area contributed by atoms with Gasteiger partial charge >= 0.3 is 0 Å². The molecule has 0 aromatic rings. The van der Waals surface area contributed by atoms with Crippen LogP contribution < -0.4 is 16.4 Å². The van der Waals surface area contributed by atoms with E-state index < -0.39 is 0 Å². The van der Waals surface area contributed by atoms with E-state index in [1.54, 1.807) is 0 Å². The van der Waals surface area contributed by atoms with Gasteiger partial charge in [-0.05, 0) is 7.05 Å². The fraction of sp³-hybridized carbons (Fsp3) is 1.00. The molecule has 10 heavy (non-hydrogen) atoms. The standard InChI is InChI=1S/C6H17N3O/c1-8-2-3-9-4-6(7)5-10/h6,8-10H,2-5,7H2,1H3. The van der Waals surface area contributed by atoms with E-state index in [0.717, 1.165) is 13.1 Å². The number of hydrogen-bond donors (Lipinski definition) is 4. The van der Waals surface area contributed by atoms with Gasteiger partial charge in [-0.15, -0.1) is 0 Å². The molecule has 0 fully saturated rings. The normalized spacial score (nSPS) is 13.5. The average molecular weight is 147 g/mol. The van der Waals surface area contributed by atoms with Crippen LogP contribution in [-0.2, 0) is 0 Å². The molecule has 0 bridgehead atoms. The quantitative estimate of drug-likeness (QED) is 0.332. The van der Waals surface area contributed by atoms with Crippen molar-refractivity contribution in [3.05, 3.63) is 0 Å². The summed E-state index contributed by atoms with van der Waals surface area (Å²) in [5.74, 6) is 0. The molecule has 0 saturated heterocycles. The van der Waals surface area contributed by atoms with Crippen molar-refractivity contribution >= 4 is 0 Å². The zero-order valence-electron chi connectivity index (χ0n) is 6.43. The molecule has 0 aliphatic carbocycles. The molecule has 4 heteroatoms. The summed E-state index contributed by atoms with van der Waals surface area (Å²) in [4.78, 5) is 0. The molecular formula is C6H17N3O. The van der Waals surface area contributed by atoms with Crippen LogP contribution in [0.3, 0.4) is 0 Å². The summed E-state index contributed by atoms with van der Waals surface area (Å²) in [5.41, 5.74) is 5.42.